The van der Waals surface area contributed by atoms with E-state index in [0.717, 1.165) is 12.3 Å². The van der Waals surface area contributed by atoms with Crippen LogP contribution < -0.4 is 0 Å². The second-order valence-electron chi connectivity index (χ2n) is 4.94. The van der Waals surface area contributed by atoms with E-state index < -0.39 is 0 Å². The Labute approximate surface area is 99.4 Å². The number of allylic oxidation sites excluding steroid dienone is 1. The fourth-order valence-electron chi connectivity index (χ4n) is 3.01. The lowest BCUT2D eigenvalue weighted by atomic mass is 9.79. The first kappa shape index (κ1) is 11.4. The molecule has 0 radical (unpaired) electrons. The standard InChI is InChI=1S/C16H22/c1-3-13(2)16(15-11-7-8-12-15)14-9-5-4-6-10-14/h4-6,9-10,15-16H,2-3,7-8,11-12H2,1H3. The van der Waals surface area contributed by atoms with E-state index in [-0.39, 0.29) is 0 Å². The highest BCUT2D eigenvalue weighted by Gasteiger charge is 2.27. The molecule has 0 heterocycles. The molecule has 0 aliphatic heterocycles. The lowest BCUT2D eigenvalue weighted by Gasteiger charge is -2.25. The molecular formula is C16H22. The molecule has 1 unspecified atom stereocenters. The Balaban J connectivity index is 2.24. The van der Waals surface area contributed by atoms with Crippen LogP contribution in [0.15, 0.2) is 42.5 Å². The molecule has 0 amide bonds. The molecule has 2 rings (SSSR count). The third-order valence-electron chi connectivity index (χ3n) is 3.92. The van der Waals surface area contributed by atoms with Gasteiger partial charge in [-0.15, -0.1) is 0 Å². The Morgan fingerprint density at radius 3 is 2.44 bits per heavy atom. The summed E-state index contributed by atoms with van der Waals surface area (Å²) in [6.07, 6.45) is 6.70. The summed E-state index contributed by atoms with van der Waals surface area (Å²) in [5.74, 6) is 1.45. The van der Waals surface area contributed by atoms with E-state index in [9.17, 15) is 0 Å². The van der Waals surface area contributed by atoms with Gasteiger partial charge in [-0.3, -0.25) is 0 Å². The SMILES string of the molecule is C=C(CC)C(c1ccccc1)C1CCCC1. The third kappa shape index (κ3) is 2.37. The van der Waals surface area contributed by atoms with Crippen molar-refractivity contribution < 1.29 is 0 Å². The van der Waals surface area contributed by atoms with Gasteiger partial charge in [-0.25, -0.2) is 0 Å². The fraction of sp³-hybridized carbons (Fsp3) is 0.500. The molecule has 1 aromatic carbocycles. The number of hydrogen-bond donors (Lipinski definition) is 0. The monoisotopic (exact) mass is 214 g/mol. The van der Waals surface area contributed by atoms with E-state index in [4.69, 9.17) is 0 Å². The van der Waals surface area contributed by atoms with E-state index in [1.165, 1.54) is 36.8 Å². The first-order chi connectivity index (χ1) is 7.83. The van der Waals surface area contributed by atoms with E-state index in [0.29, 0.717) is 5.92 Å². The zero-order valence-corrected chi connectivity index (χ0v) is 10.3. The lowest BCUT2D eigenvalue weighted by molar-refractivity contribution is 0.471. The van der Waals surface area contributed by atoms with Gasteiger partial charge in [0.05, 0.1) is 0 Å². The Hall–Kier alpha value is -1.04. The minimum Gasteiger partial charge on any atom is -0.0992 e. The number of rotatable bonds is 4. The molecule has 0 N–H and O–H groups in total. The molecule has 1 atom stereocenters. The van der Waals surface area contributed by atoms with Gasteiger partial charge in [0.15, 0.2) is 0 Å². The molecule has 1 aliphatic rings. The molecule has 0 nitrogen and oxygen atoms in total. The Kier molecular flexibility index (Phi) is 3.82. The summed E-state index contributed by atoms with van der Waals surface area (Å²) < 4.78 is 0. The van der Waals surface area contributed by atoms with Crippen LogP contribution in [0, 0.1) is 5.92 Å². The molecule has 1 saturated carbocycles. The van der Waals surface area contributed by atoms with Crippen LogP contribution in [-0.4, -0.2) is 0 Å². The van der Waals surface area contributed by atoms with Gasteiger partial charge in [0.1, 0.15) is 0 Å². The summed E-state index contributed by atoms with van der Waals surface area (Å²) in [6, 6.07) is 10.9. The highest BCUT2D eigenvalue weighted by Crippen LogP contribution is 2.41. The predicted molar refractivity (Wildman–Crippen MR) is 70.6 cm³/mol. The Morgan fingerprint density at radius 2 is 1.88 bits per heavy atom. The fourth-order valence-corrected chi connectivity index (χ4v) is 3.01. The van der Waals surface area contributed by atoms with E-state index in [1.54, 1.807) is 0 Å². The maximum Gasteiger partial charge on any atom is 0.00736 e. The maximum atomic E-state index is 4.29. The molecule has 0 saturated heterocycles. The molecule has 86 valence electrons. The van der Waals surface area contributed by atoms with Gasteiger partial charge in [-0.05, 0) is 30.7 Å². The van der Waals surface area contributed by atoms with Gasteiger partial charge in [-0.2, -0.15) is 0 Å². The van der Waals surface area contributed by atoms with E-state index in [1.807, 2.05) is 0 Å². The van der Waals surface area contributed by atoms with E-state index >= 15 is 0 Å². The van der Waals surface area contributed by atoms with Crippen molar-refractivity contribution in [2.45, 2.75) is 44.9 Å². The van der Waals surface area contributed by atoms with Gasteiger partial charge in [0, 0.05) is 5.92 Å². The molecule has 0 heteroatoms. The van der Waals surface area contributed by atoms with Crippen LogP contribution in [-0.2, 0) is 0 Å². The molecule has 0 spiro atoms. The van der Waals surface area contributed by atoms with Crippen LogP contribution in [0.3, 0.4) is 0 Å². The lowest BCUT2D eigenvalue weighted by Crippen LogP contribution is -2.11. The zero-order valence-electron chi connectivity index (χ0n) is 10.3. The zero-order chi connectivity index (χ0) is 11.4. The van der Waals surface area contributed by atoms with Crippen molar-refractivity contribution in [3.8, 4) is 0 Å². The number of hydrogen-bond acceptors (Lipinski definition) is 0. The van der Waals surface area contributed by atoms with Gasteiger partial charge in [0.2, 0.25) is 0 Å². The quantitative estimate of drug-likeness (QED) is 0.624. The van der Waals surface area contributed by atoms with Crippen LogP contribution in [0.25, 0.3) is 0 Å². The van der Waals surface area contributed by atoms with Gasteiger partial charge < -0.3 is 0 Å². The molecule has 0 aromatic heterocycles. The predicted octanol–water partition coefficient (Wildman–Crippen LogP) is 4.93. The van der Waals surface area contributed by atoms with Crippen LogP contribution in [0.2, 0.25) is 0 Å². The van der Waals surface area contributed by atoms with Gasteiger partial charge in [0.25, 0.3) is 0 Å². The summed E-state index contributed by atoms with van der Waals surface area (Å²) in [5, 5.41) is 0. The van der Waals surface area contributed by atoms with Crippen LogP contribution in [0.4, 0.5) is 0 Å². The third-order valence-corrected chi connectivity index (χ3v) is 3.92. The van der Waals surface area contributed by atoms with Gasteiger partial charge >= 0.3 is 0 Å². The Morgan fingerprint density at radius 1 is 1.25 bits per heavy atom. The second-order valence-corrected chi connectivity index (χ2v) is 4.94. The van der Waals surface area contributed by atoms with Crippen LogP contribution in [0.5, 0.6) is 0 Å². The van der Waals surface area contributed by atoms with Crippen molar-refractivity contribution in [2.75, 3.05) is 0 Å². The van der Waals surface area contributed by atoms with Crippen molar-refractivity contribution >= 4 is 0 Å². The molecule has 0 bridgehead atoms. The van der Waals surface area contributed by atoms with Crippen LogP contribution >= 0.6 is 0 Å². The first-order valence-corrected chi connectivity index (χ1v) is 6.55. The van der Waals surface area contributed by atoms with Crippen molar-refractivity contribution in [3.05, 3.63) is 48.0 Å². The highest BCUT2D eigenvalue weighted by molar-refractivity contribution is 5.28. The average molecular weight is 214 g/mol. The minimum absolute atomic E-state index is 0.605. The highest BCUT2D eigenvalue weighted by atomic mass is 14.3. The first-order valence-electron chi connectivity index (χ1n) is 6.55. The van der Waals surface area contributed by atoms with Crippen LogP contribution in [0.1, 0.15) is 50.5 Å². The molecular weight excluding hydrogens is 192 g/mol. The Bertz CT molecular complexity index is 330. The summed E-state index contributed by atoms with van der Waals surface area (Å²) in [7, 11) is 0. The summed E-state index contributed by atoms with van der Waals surface area (Å²) in [6.45, 7) is 6.52. The molecule has 16 heavy (non-hydrogen) atoms. The van der Waals surface area contributed by atoms with Crippen molar-refractivity contribution in [1.29, 1.82) is 0 Å². The average Bonchev–Trinajstić information content (AvgIpc) is 2.84. The van der Waals surface area contributed by atoms with Crippen molar-refractivity contribution in [1.82, 2.24) is 0 Å². The molecule has 1 aromatic rings. The van der Waals surface area contributed by atoms with Gasteiger partial charge in [-0.1, -0.05) is 62.2 Å². The molecule has 1 aliphatic carbocycles. The minimum atomic E-state index is 0.605. The van der Waals surface area contributed by atoms with Crippen molar-refractivity contribution in [2.24, 2.45) is 5.92 Å². The topological polar surface area (TPSA) is 0 Å². The largest absolute Gasteiger partial charge is 0.0992 e. The maximum absolute atomic E-state index is 4.29. The van der Waals surface area contributed by atoms with E-state index in [2.05, 4.69) is 43.8 Å². The molecule has 1 fully saturated rings. The summed E-state index contributed by atoms with van der Waals surface area (Å²) in [4.78, 5) is 0. The number of benzene rings is 1. The van der Waals surface area contributed by atoms with Crippen molar-refractivity contribution in [3.63, 3.8) is 0 Å². The summed E-state index contributed by atoms with van der Waals surface area (Å²) >= 11 is 0. The summed E-state index contributed by atoms with van der Waals surface area (Å²) in [5.41, 5.74) is 2.89. The second kappa shape index (κ2) is 5.34. The normalized spacial score (nSPS) is 18.6. The smallest absolute Gasteiger partial charge is 0.00736 e.